The molecule has 0 aliphatic heterocycles. The van der Waals surface area contributed by atoms with Crippen LogP contribution in [0.3, 0.4) is 0 Å². The Hall–Kier alpha value is -3.47. The minimum Gasteiger partial charge on any atom is -0.236 e. The zero-order chi connectivity index (χ0) is 26.2. The molecule has 5 rings (SSSR count). The van der Waals surface area contributed by atoms with E-state index in [9.17, 15) is 13.2 Å². The van der Waals surface area contributed by atoms with Crippen molar-refractivity contribution < 1.29 is 18.7 Å². The summed E-state index contributed by atoms with van der Waals surface area (Å²) in [6.45, 7) is 5.87. The smallest absolute Gasteiger partial charge is 0.236 e. The molecule has 0 bridgehead atoms. The maximum Gasteiger partial charge on any atom is 0.419 e. The van der Waals surface area contributed by atoms with Gasteiger partial charge in [-0.05, 0) is 50.7 Å². The molecule has 0 atom stereocenters. The van der Waals surface area contributed by atoms with Gasteiger partial charge in [0.25, 0.3) is 0 Å². The molecule has 5 heteroatoms. The van der Waals surface area contributed by atoms with Gasteiger partial charge in [-0.3, -0.25) is 0 Å². The molecule has 1 aromatic heterocycles. The van der Waals surface area contributed by atoms with Gasteiger partial charge in [0.2, 0.25) is 0 Å². The van der Waals surface area contributed by atoms with E-state index in [1.54, 1.807) is 36.4 Å². The number of alkyl halides is 3. The summed E-state index contributed by atoms with van der Waals surface area (Å²) in [6.07, 6.45) is -5.26. The molecule has 2 nitrogen and oxygen atoms in total. The van der Waals surface area contributed by atoms with Gasteiger partial charge in [-0.15, -0.1) is 0 Å². The maximum absolute atomic E-state index is 14.3. The molecular weight excluding hydrogens is 409 g/mol. The standard InChI is InChI=1S/C27H21F3N2/c1-26(2,3)22-14-18(12-16-8-4-6-10-19(16)22)24-21-13-17-9-5-7-11-20(17)23(27(28,29)30)25(21)32-15-31-24/h4-15H,1-3H3/i4D,6D,8D,15D. The molecule has 0 unspecified atom stereocenters. The molecule has 5 aromatic rings. The number of nitrogens with zero attached hydrogens (tertiary/aromatic N) is 2. The van der Waals surface area contributed by atoms with Crippen LogP contribution in [0.1, 0.15) is 37.4 Å². The fraction of sp³-hybridized carbons (Fsp3) is 0.185. The van der Waals surface area contributed by atoms with Crippen LogP contribution in [0.15, 0.2) is 73.0 Å². The molecule has 4 aromatic carbocycles. The van der Waals surface area contributed by atoms with Gasteiger partial charge in [-0.25, -0.2) is 9.97 Å². The summed E-state index contributed by atoms with van der Waals surface area (Å²) >= 11 is 0. The molecule has 0 aliphatic rings. The Labute approximate surface area is 189 Å². The highest BCUT2D eigenvalue weighted by molar-refractivity contribution is 6.06. The van der Waals surface area contributed by atoms with Crippen molar-refractivity contribution in [2.45, 2.75) is 32.4 Å². The lowest BCUT2D eigenvalue weighted by atomic mass is 9.82. The fourth-order valence-electron chi connectivity index (χ4n) is 4.21. The van der Waals surface area contributed by atoms with Crippen molar-refractivity contribution in [3.05, 3.63) is 84.1 Å². The van der Waals surface area contributed by atoms with Crippen LogP contribution < -0.4 is 0 Å². The van der Waals surface area contributed by atoms with Crippen molar-refractivity contribution in [3.63, 3.8) is 0 Å². The fourth-order valence-corrected chi connectivity index (χ4v) is 4.21. The summed E-state index contributed by atoms with van der Waals surface area (Å²) in [5.74, 6) is 0. The highest BCUT2D eigenvalue weighted by Crippen LogP contribution is 2.42. The number of halogens is 3. The Bertz CT molecular complexity index is 1710. The summed E-state index contributed by atoms with van der Waals surface area (Å²) in [5.41, 5.74) is -0.405. The Kier molecular flexibility index (Phi) is 3.56. The number of hydrogen-bond donors (Lipinski definition) is 0. The van der Waals surface area contributed by atoms with Gasteiger partial charge in [0.1, 0.15) is 7.67 Å². The van der Waals surface area contributed by atoms with Crippen LogP contribution in [0.4, 0.5) is 13.2 Å². The molecule has 0 amide bonds. The Morgan fingerprint density at radius 1 is 0.812 bits per heavy atom. The zero-order valence-electron chi connectivity index (χ0n) is 21.6. The first kappa shape index (κ1) is 16.2. The molecule has 32 heavy (non-hydrogen) atoms. The lowest BCUT2D eigenvalue weighted by Gasteiger charge is -2.23. The second-order valence-electron chi connectivity index (χ2n) is 8.81. The second-order valence-corrected chi connectivity index (χ2v) is 8.81. The predicted octanol–water partition coefficient (Wildman–Crippen LogP) is 7.92. The second kappa shape index (κ2) is 7.02. The van der Waals surface area contributed by atoms with Crippen LogP contribution in [0.25, 0.3) is 43.7 Å². The maximum atomic E-state index is 14.3. The Balaban J connectivity index is 1.98. The van der Waals surface area contributed by atoms with Crippen molar-refractivity contribution in [2.24, 2.45) is 0 Å². The van der Waals surface area contributed by atoms with Gasteiger partial charge in [-0.2, -0.15) is 13.2 Å². The SMILES string of the molecule is [2H]c1nc(-c2cc(C(C)(C)C)c3cc([2H])c([2H])c([2H])c3c2)c2cc3ccccc3c(C(F)(F)F)c2n1. The average Bonchev–Trinajstić information content (AvgIpc) is 2.79. The summed E-state index contributed by atoms with van der Waals surface area (Å²) in [5, 5.41) is 1.53. The highest BCUT2D eigenvalue weighted by Gasteiger charge is 2.36. The third kappa shape index (κ3) is 3.29. The topological polar surface area (TPSA) is 25.8 Å². The van der Waals surface area contributed by atoms with Crippen LogP contribution in [0.5, 0.6) is 0 Å². The van der Waals surface area contributed by atoms with Gasteiger partial charge >= 0.3 is 6.18 Å². The zero-order valence-corrected chi connectivity index (χ0v) is 17.6. The van der Waals surface area contributed by atoms with Crippen LogP contribution in [-0.2, 0) is 11.6 Å². The van der Waals surface area contributed by atoms with E-state index < -0.39 is 23.5 Å². The summed E-state index contributed by atoms with van der Waals surface area (Å²) in [6, 6.07) is 12.2. The van der Waals surface area contributed by atoms with Crippen molar-refractivity contribution >= 4 is 32.4 Å². The molecule has 0 fully saturated rings. The number of fused-ring (bicyclic) bond motifs is 3. The van der Waals surface area contributed by atoms with E-state index in [1.807, 2.05) is 20.8 Å². The Morgan fingerprint density at radius 2 is 1.59 bits per heavy atom. The molecule has 0 spiro atoms. The van der Waals surface area contributed by atoms with E-state index in [0.717, 1.165) is 5.56 Å². The molecule has 0 saturated carbocycles. The lowest BCUT2D eigenvalue weighted by molar-refractivity contribution is -0.135. The van der Waals surface area contributed by atoms with Crippen molar-refractivity contribution in [2.75, 3.05) is 0 Å². The van der Waals surface area contributed by atoms with Gasteiger partial charge < -0.3 is 0 Å². The molecular formula is C27H21F3N2. The molecule has 0 aliphatic carbocycles. The quantitative estimate of drug-likeness (QED) is 0.250. The highest BCUT2D eigenvalue weighted by atomic mass is 19.4. The third-order valence-electron chi connectivity index (χ3n) is 5.63. The summed E-state index contributed by atoms with van der Waals surface area (Å²) in [7, 11) is 0. The van der Waals surface area contributed by atoms with E-state index in [-0.39, 0.29) is 40.1 Å². The monoisotopic (exact) mass is 434 g/mol. The van der Waals surface area contributed by atoms with Gasteiger partial charge in [0.15, 0.2) is 0 Å². The lowest BCUT2D eigenvalue weighted by Crippen LogP contribution is -2.12. The van der Waals surface area contributed by atoms with E-state index in [4.69, 9.17) is 5.48 Å². The predicted molar refractivity (Wildman–Crippen MR) is 124 cm³/mol. The molecule has 1 heterocycles. The molecule has 0 N–H and O–H groups in total. The first-order valence-electron chi connectivity index (χ1n) is 12.1. The van der Waals surface area contributed by atoms with Gasteiger partial charge in [0, 0.05) is 10.9 Å². The third-order valence-corrected chi connectivity index (χ3v) is 5.63. The van der Waals surface area contributed by atoms with Crippen LogP contribution in [0.2, 0.25) is 0 Å². The van der Waals surface area contributed by atoms with Crippen molar-refractivity contribution in [3.8, 4) is 11.3 Å². The molecule has 0 saturated heterocycles. The van der Waals surface area contributed by atoms with E-state index in [0.29, 0.717) is 21.7 Å². The normalized spacial score (nSPS) is 14.4. The van der Waals surface area contributed by atoms with Gasteiger partial charge in [-0.1, -0.05) is 69.2 Å². The van der Waals surface area contributed by atoms with E-state index in [2.05, 4.69) is 9.97 Å². The first-order chi connectivity index (χ1) is 16.8. The first-order valence-corrected chi connectivity index (χ1v) is 10.1. The van der Waals surface area contributed by atoms with E-state index in [1.165, 1.54) is 12.1 Å². The average molecular weight is 434 g/mol. The van der Waals surface area contributed by atoms with Crippen molar-refractivity contribution in [1.82, 2.24) is 9.97 Å². The summed E-state index contributed by atoms with van der Waals surface area (Å²) < 4.78 is 75.7. The molecule has 0 radical (unpaired) electrons. The summed E-state index contributed by atoms with van der Waals surface area (Å²) in [4.78, 5) is 8.14. The van der Waals surface area contributed by atoms with Crippen LogP contribution in [0, 0.1) is 0 Å². The Morgan fingerprint density at radius 3 is 2.34 bits per heavy atom. The van der Waals surface area contributed by atoms with Crippen molar-refractivity contribution in [1.29, 1.82) is 0 Å². The minimum absolute atomic E-state index is 0.00860. The minimum atomic E-state index is -4.71. The molecule has 160 valence electrons. The number of rotatable bonds is 1. The number of aromatic nitrogens is 2. The number of benzene rings is 4. The largest absolute Gasteiger partial charge is 0.419 e. The van der Waals surface area contributed by atoms with Crippen LogP contribution >= 0.6 is 0 Å². The van der Waals surface area contributed by atoms with Crippen LogP contribution in [-0.4, -0.2) is 9.97 Å². The van der Waals surface area contributed by atoms with E-state index >= 15 is 0 Å². The number of hydrogen-bond acceptors (Lipinski definition) is 2. The van der Waals surface area contributed by atoms with Gasteiger partial charge in [0.05, 0.1) is 20.9 Å².